The molecule has 0 spiro atoms. The summed E-state index contributed by atoms with van der Waals surface area (Å²) in [7, 11) is -3.62. The molecule has 8 heteroatoms. The maximum Gasteiger partial charge on any atom is 0.389 e. The minimum Gasteiger partial charge on any atom is -0.328 e. The molecule has 1 rings (SSSR count). The van der Waals surface area contributed by atoms with Gasteiger partial charge in [-0.1, -0.05) is 6.92 Å². The first-order valence-corrected chi connectivity index (χ1v) is 8.58. The van der Waals surface area contributed by atoms with Gasteiger partial charge in [-0.2, -0.15) is 17.5 Å². The lowest BCUT2D eigenvalue weighted by Gasteiger charge is -2.34. The fraction of sp³-hybridized carbons (Fsp3) is 1.00. The zero-order chi connectivity index (χ0) is 15.4. The molecule has 0 aliphatic heterocycles. The fourth-order valence-corrected chi connectivity index (χ4v) is 4.45. The first-order valence-electron chi connectivity index (χ1n) is 6.97. The van der Waals surface area contributed by atoms with Crippen molar-refractivity contribution >= 4 is 10.0 Å². The van der Waals surface area contributed by atoms with Crippen LogP contribution in [0.2, 0.25) is 0 Å². The van der Waals surface area contributed by atoms with Gasteiger partial charge in [0, 0.05) is 25.0 Å². The molecule has 1 aliphatic rings. The number of nitrogens with zero attached hydrogens (tertiary/aromatic N) is 1. The number of hydrogen-bond acceptors (Lipinski definition) is 3. The van der Waals surface area contributed by atoms with Crippen LogP contribution in [0.25, 0.3) is 0 Å². The Labute approximate surface area is 118 Å². The zero-order valence-corrected chi connectivity index (χ0v) is 12.5. The van der Waals surface area contributed by atoms with Crippen LogP contribution in [-0.4, -0.2) is 43.3 Å². The van der Waals surface area contributed by atoms with Crippen molar-refractivity contribution in [2.45, 2.75) is 63.7 Å². The van der Waals surface area contributed by atoms with Gasteiger partial charge in [-0.25, -0.2) is 8.42 Å². The van der Waals surface area contributed by atoms with Gasteiger partial charge < -0.3 is 5.73 Å². The second-order valence-electron chi connectivity index (χ2n) is 5.31. The second-order valence-corrected chi connectivity index (χ2v) is 7.35. The molecular weight excluding hydrogens is 293 g/mol. The van der Waals surface area contributed by atoms with Crippen molar-refractivity contribution in [2.75, 3.05) is 12.3 Å². The van der Waals surface area contributed by atoms with E-state index < -0.39 is 28.4 Å². The van der Waals surface area contributed by atoms with E-state index in [1.165, 1.54) is 4.31 Å². The summed E-state index contributed by atoms with van der Waals surface area (Å²) in [5, 5.41) is 0. The summed E-state index contributed by atoms with van der Waals surface area (Å²) in [6.45, 7) is 2.02. The maximum absolute atomic E-state index is 12.2. The lowest BCUT2D eigenvalue weighted by Crippen LogP contribution is -2.45. The van der Waals surface area contributed by atoms with Gasteiger partial charge >= 0.3 is 6.18 Å². The third-order valence-electron chi connectivity index (χ3n) is 3.68. The molecule has 0 radical (unpaired) electrons. The van der Waals surface area contributed by atoms with Gasteiger partial charge in [0.1, 0.15) is 0 Å². The number of sulfonamides is 1. The normalized spacial score (nSPS) is 25.1. The molecule has 1 saturated carbocycles. The number of rotatable bonds is 6. The summed E-state index contributed by atoms with van der Waals surface area (Å²) >= 11 is 0. The van der Waals surface area contributed by atoms with E-state index in [4.69, 9.17) is 5.73 Å². The van der Waals surface area contributed by atoms with E-state index in [1.54, 1.807) is 6.92 Å². The first kappa shape index (κ1) is 17.7. The molecule has 20 heavy (non-hydrogen) atoms. The highest BCUT2D eigenvalue weighted by molar-refractivity contribution is 7.89. The molecule has 0 aromatic rings. The molecule has 0 bridgehead atoms. The molecule has 0 atom stereocenters. The largest absolute Gasteiger partial charge is 0.389 e. The van der Waals surface area contributed by atoms with Crippen molar-refractivity contribution in [1.82, 2.24) is 4.31 Å². The highest BCUT2D eigenvalue weighted by atomic mass is 32.2. The van der Waals surface area contributed by atoms with Gasteiger partial charge in [-0.05, 0) is 32.1 Å². The van der Waals surface area contributed by atoms with Gasteiger partial charge in [0.15, 0.2) is 0 Å². The van der Waals surface area contributed by atoms with Gasteiger partial charge in [0.2, 0.25) is 10.0 Å². The van der Waals surface area contributed by atoms with Crippen LogP contribution in [0.4, 0.5) is 13.2 Å². The van der Waals surface area contributed by atoms with E-state index in [2.05, 4.69) is 0 Å². The van der Waals surface area contributed by atoms with Crippen LogP contribution in [0.3, 0.4) is 0 Å². The molecule has 2 N–H and O–H groups in total. The first-order chi connectivity index (χ1) is 9.15. The topological polar surface area (TPSA) is 63.4 Å². The van der Waals surface area contributed by atoms with Crippen molar-refractivity contribution in [3.05, 3.63) is 0 Å². The number of alkyl halides is 3. The Morgan fingerprint density at radius 1 is 1.20 bits per heavy atom. The molecule has 0 unspecified atom stereocenters. The average molecular weight is 316 g/mol. The standard InChI is InChI=1S/C12H23F3N2O2S/c1-2-17(11-6-4-10(16)5-7-11)20(18,19)9-3-8-12(13,14)15/h10-11H,2-9,16H2,1H3. The molecule has 0 aromatic carbocycles. The van der Waals surface area contributed by atoms with Crippen LogP contribution in [0, 0.1) is 0 Å². The minimum atomic E-state index is -4.30. The van der Waals surface area contributed by atoms with Gasteiger partial charge in [0.05, 0.1) is 5.75 Å². The minimum absolute atomic E-state index is 0.109. The van der Waals surface area contributed by atoms with E-state index in [9.17, 15) is 21.6 Å². The predicted octanol–water partition coefficient (Wildman–Crippen LogP) is 2.25. The van der Waals surface area contributed by atoms with Gasteiger partial charge in [-0.3, -0.25) is 0 Å². The smallest absolute Gasteiger partial charge is 0.328 e. The summed E-state index contributed by atoms with van der Waals surface area (Å²) in [6.07, 6.45) is -2.84. The van der Waals surface area contributed by atoms with Crippen molar-refractivity contribution in [3.63, 3.8) is 0 Å². The lowest BCUT2D eigenvalue weighted by molar-refractivity contribution is -0.134. The van der Waals surface area contributed by atoms with Crippen LogP contribution in [0.1, 0.15) is 45.4 Å². The Balaban J connectivity index is 2.58. The zero-order valence-electron chi connectivity index (χ0n) is 11.7. The van der Waals surface area contributed by atoms with Crippen molar-refractivity contribution in [1.29, 1.82) is 0 Å². The van der Waals surface area contributed by atoms with Crippen molar-refractivity contribution < 1.29 is 21.6 Å². The SMILES string of the molecule is CCN(C1CCC(N)CC1)S(=O)(=O)CCCC(F)(F)F. The predicted molar refractivity (Wildman–Crippen MR) is 71.7 cm³/mol. The third kappa shape index (κ3) is 5.57. The Bertz CT molecular complexity index is 390. The summed E-state index contributed by atoms with van der Waals surface area (Å²) in [4.78, 5) is 0. The number of hydrogen-bond donors (Lipinski definition) is 1. The summed E-state index contributed by atoms with van der Waals surface area (Å²) < 4.78 is 61.9. The fourth-order valence-electron chi connectivity index (χ4n) is 2.64. The molecule has 4 nitrogen and oxygen atoms in total. The quantitative estimate of drug-likeness (QED) is 0.817. The summed E-state index contributed by atoms with van der Waals surface area (Å²) in [6, 6.07) is -0.00595. The van der Waals surface area contributed by atoms with Crippen LogP contribution in [0.15, 0.2) is 0 Å². The Kier molecular flexibility index (Phi) is 6.27. The number of nitrogens with two attached hydrogens (primary N) is 1. The molecule has 0 saturated heterocycles. The highest BCUT2D eigenvalue weighted by Crippen LogP contribution is 2.26. The molecular formula is C12H23F3N2O2S. The summed E-state index contributed by atoms with van der Waals surface area (Å²) in [5.41, 5.74) is 5.78. The Morgan fingerprint density at radius 2 is 1.75 bits per heavy atom. The number of halogens is 3. The maximum atomic E-state index is 12.2. The summed E-state index contributed by atoms with van der Waals surface area (Å²) in [5.74, 6) is -0.442. The van der Waals surface area contributed by atoms with Gasteiger partial charge in [0.25, 0.3) is 0 Å². The van der Waals surface area contributed by atoms with Crippen LogP contribution < -0.4 is 5.73 Å². The molecule has 1 fully saturated rings. The molecule has 0 heterocycles. The third-order valence-corrected chi connectivity index (χ3v) is 5.76. The highest BCUT2D eigenvalue weighted by Gasteiger charge is 2.33. The van der Waals surface area contributed by atoms with Crippen molar-refractivity contribution in [3.8, 4) is 0 Å². The molecule has 0 amide bonds. The monoisotopic (exact) mass is 316 g/mol. The Morgan fingerprint density at radius 3 is 2.20 bits per heavy atom. The average Bonchev–Trinajstić information content (AvgIpc) is 2.30. The van der Waals surface area contributed by atoms with E-state index in [0.29, 0.717) is 19.4 Å². The lowest BCUT2D eigenvalue weighted by atomic mass is 9.92. The van der Waals surface area contributed by atoms with E-state index in [1.807, 2.05) is 0 Å². The van der Waals surface area contributed by atoms with E-state index >= 15 is 0 Å². The van der Waals surface area contributed by atoms with Crippen LogP contribution in [-0.2, 0) is 10.0 Å². The van der Waals surface area contributed by atoms with E-state index in [-0.39, 0.29) is 18.5 Å². The van der Waals surface area contributed by atoms with Gasteiger partial charge in [-0.15, -0.1) is 0 Å². The molecule has 1 aliphatic carbocycles. The van der Waals surface area contributed by atoms with Crippen LogP contribution >= 0.6 is 0 Å². The van der Waals surface area contributed by atoms with Crippen molar-refractivity contribution in [2.24, 2.45) is 5.73 Å². The van der Waals surface area contributed by atoms with E-state index in [0.717, 1.165) is 12.8 Å². The van der Waals surface area contributed by atoms with Crippen LogP contribution in [0.5, 0.6) is 0 Å². The molecule has 0 aromatic heterocycles. The second kappa shape index (κ2) is 7.09. The molecule has 120 valence electrons. The Hall–Kier alpha value is -0.340.